The second-order valence-electron chi connectivity index (χ2n) is 7.18. The van der Waals surface area contributed by atoms with Gasteiger partial charge < -0.3 is 10.8 Å². The van der Waals surface area contributed by atoms with Gasteiger partial charge in [-0.2, -0.15) is 0 Å². The number of aromatic hydroxyl groups is 1. The molecule has 31 heavy (non-hydrogen) atoms. The zero-order valence-electron chi connectivity index (χ0n) is 16.2. The van der Waals surface area contributed by atoms with E-state index in [1.165, 1.54) is 6.07 Å². The lowest BCUT2D eigenvalue weighted by atomic mass is 9.95. The summed E-state index contributed by atoms with van der Waals surface area (Å²) < 4.78 is 14.7. The van der Waals surface area contributed by atoms with Gasteiger partial charge in [0.1, 0.15) is 22.6 Å². The summed E-state index contributed by atoms with van der Waals surface area (Å²) >= 11 is 11.9. The van der Waals surface area contributed by atoms with E-state index in [9.17, 15) is 14.3 Å². The quantitative estimate of drug-likeness (QED) is 0.407. The molecule has 0 spiro atoms. The number of rotatable bonds is 5. The first-order valence-corrected chi connectivity index (χ1v) is 10.2. The highest BCUT2D eigenvalue weighted by Crippen LogP contribution is 2.35. The van der Waals surface area contributed by atoms with Crippen molar-refractivity contribution in [2.45, 2.75) is 12.8 Å². The van der Waals surface area contributed by atoms with Crippen LogP contribution >= 0.6 is 23.2 Å². The van der Waals surface area contributed by atoms with E-state index >= 15 is 0 Å². The highest BCUT2D eigenvalue weighted by molar-refractivity contribution is 6.30. The molecular weight excluding hydrogens is 438 g/mol. The van der Waals surface area contributed by atoms with Gasteiger partial charge in [-0.1, -0.05) is 53.5 Å². The van der Waals surface area contributed by atoms with E-state index in [0.717, 1.165) is 11.1 Å². The fraction of sp³-hybridized carbons (Fsp3) is 0.0833. The topological polar surface area (TPSA) is 76.2 Å². The smallest absolute Gasteiger partial charge is 0.254 e. The van der Waals surface area contributed by atoms with Gasteiger partial charge >= 0.3 is 0 Å². The predicted molar refractivity (Wildman–Crippen MR) is 120 cm³/mol. The van der Waals surface area contributed by atoms with Crippen LogP contribution in [-0.4, -0.2) is 16.0 Å². The number of fused-ring (bicyclic) bond motifs is 1. The first-order valence-electron chi connectivity index (χ1n) is 9.45. The number of hydrogen-bond donors (Lipinski definition) is 2. The summed E-state index contributed by atoms with van der Waals surface area (Å²) in [7, 11) is 0. The lowest BCUT2D eigenvalue weighted by molar-refractivity contribution is 0.0996. The molecule has 0 unspecified atom stereocenters. The normalized spacial score (nSPS) is 11.1. The molecule has 0 fully saturated rings. The first-order chi connectivity index (χ1) is 14.8. The third kappa shape index (κ3) is 4.33. The van der Waals surface area contributed by atoms with Crippen LogP contribution in [0.1, 0.15) is 32.7 Å². The molecule has 1 amide bonds. The van der Waals surface area contributed by atoms with Crippen LogP contribution in [0.3, 0.4) is 0 Å². The summed E-state index contributed by atoms with van der Waals surface area (Å²) in [6.07, 6.45) is 0.567. The molecule has 0 aliphatic heterocycles. The lowest BCUT2D eigenvalue weighted by Gasteiger charge is -2.15. The molecule has 7 heteroatoms. The SMILES string of the molecule is NC(=O)c1c(Cc2ccc(Cl)cc2)nc2c(F)ccc(Cc3ccc(Cl)cc3)c2c1O. The maximum atomic E-state index is 14.7. The van der Waals surface area contributed by atoms with E-state index in [1.54, 1.807) is 42.5 Å². The number of nitrogens with two attached hydrogens (primary N) is 1. The molecule has 0 radical (unpaired) electrons. The van der Waals surface area contributed by atoms with Crippen LogP contribution in [-0.2, 0) is 12.8 Å². The lowest BCUT2D eigenvalue weighted by Crippen LogP contribution is -2.16. The van der Waals surface area contributed by atoms with Crippen molar-refractivity contribution in [3.8, 4) is 5.75 Å². The molecule has 0 atom stereocenters. The minimum Gasteiger partial charge on any atom is -0.506 e. The van der Waals surface area contributed by atoms with Crippen LogP contribution in [0.15, 0.2) is 60.7 Å². The average molecular weight is 455 g/mol. The summed E-state index contributed by atoms with van der Waals surface area (Å²) in [5, 5.41) is 12.3. The summed E-state index contributed by atoms with van der Waals surface area (Å²) in [6.45, 7) is 0. The average Bonchev–Trinajstić information content (AvgIpc) is 2.73. The maximum absolute atomic E-state index is 14.7. The van der Waals surface area contributed by atoms with Crippen LogP contribution in [0.25, 0.3) is 10.9 Å². The van der Waals surface area contributed by atoms with E-state index in [-0.39, 0.29) is 34.3 Å². The van der Waals surface area contributed by atoms with E-state index in [0.29, 0.717) is 22.0 Å². The Balaban J connectivity index is 1.88. The Labute approximate surface area is 188 Å². The Kier molecular flexibility index (Phi) is 5.81. The van der Waals surface area contributed by atoms with Gasteiger partial charge in [-0.3, -0.25) is 4.79 Å². The maximum Gasteiger partial charge on any atom is 0.254 e. The number of pyridine rings is 1. The molecule has 0 saturated heterocycles. The van der Waals surface area contributed by atoms with Crippen molar-refractivity contribution in [2.75, 3.05) is 0 Å². The summed E-state index contributed by atoms with van der Waals surface area (Å²) in [5.74, 6) is -1.80. The summed E-state index contributed by atoms with van der Waals surface area (Å²) in [4.78, 5) is 16.6. The second kappa shape index (κ2) is 8.53. The Bertz CT molecular complexity index is 1290. The number of halogens is 3. The van der Waals surface area contributed by atoms with Crippen molar-refractivity contribution < 1.29 is 14.3 Å². The van der Waals surface area contributed by atoms with Gasteiger partial charge in [0.05, 0.1) is 5.69 Å². The van der Waals surface area contributed by atoms with Gasteiger partial charge in [-0.05, 0) is 53.4 Å². The van der Waals surface area contributed by atoms with Crippen molar-refractivity contribution in [1.82, 2.24) is 4.98 Å². The number of aromatic nitrogens is 1. The van der Waals surface area contributed by atoms with Gasteiger partial charge in [0.2, 0.25) is 0 Å². The molecule has 0 aliphatic carbocycles. The van der Waals surface area contributed by atoms with E-state index < -0.39 is 11.7 Å². The van der Waals surface area contributed by atoms with Crippen LogP contribution in [0.4, 0.5) is 4.39 Å². The number of primary amides is 1. The standard InChI is InChI=1S/C24H17Cl2FN2O2/c25-16-6-1-13(2-7-16)11-15-5-10-18(27)22-20(15)23(30)21(24(28)31)19(29-22)12-14-3-8-17(26)9-4-14/h1-10H,11-12H2,(H2,28,31)(H,29,30). The Hall–Kier alpha value is -3.15. The predicted octanol–water partition coefficient (Wildman–Crippen LogP) is 5.67. The van der Waals surface area contributed by atoms with Crippen LogP contribution in [0.2, 0.25) is 10.0 Å². The van der Waals surface area contributed by atoms with Crippen LogP contribution in [0, 0.1) is 5.82 Å². The van der Waals surface area contributed by atoms with Crippen molar-refractivity contribution >= 4 is 40.0 Å². The molecule has 156 valence electrons. The Morgan fingerprint density at radius 1 is 0.903 bits per heavy atom. The minimum absolute atomic E-state index is 0.0158. The third-order valence-corrected chi connectivity index (χ3v) is 5.57. The van der Waals surface area contributed by atoms with Crippen molar-refractivity contribution in [1.29, 1.82) is 0 Å². The zero-order chi connectivity index (χ0) is 22.1. The molecular formula is C24H17Cl2FN2O2. The van der Waals surface area contributed by atoms with Crippen LogP contribution in [0.5, 0.6) is 5.75 Å². The molecule has 3 aromatic carbocycles. The number of amides is 1. The number of carbonyl (C=O) groups is 1. The molecule has 0 bridgehead atoms. The molecule has 1 heterocycles. The Morgan fingerprint density at radius 3 is 2.00 bits per heavy atom. The number of hydrogen-bond acceptors (Lipinski definition) is 3. The van der Waals surface area contributed by atoms with Crippen molar-refractivity contribution in [2.24, 2.45) is 5.73 Å². The molecule has 0 saturated carbocycles. The van der Waals surface area contributed by atoms with Gasteiger partial charge in [0, 0.05) is 21.9 Å². The molecule has 3 N–H and O–H groups in total. The van der Waals surface area contributed by atoms with Gasteiger partial charge in [-0.15, -0.1) is 0 Å². The summed E-state index contributed by atoms with van der Waals surface area (Å²) in [6, 6.07) is 17.0. The minimum atomic E-state index is -0.836. The van der Waals surface area contributed by atoms with Crippen LogP contribution < -0.4 is 5.73 Å². The number of benzene rings is 3. The molecule has 0 aliphatic rings. The molecule has 4 rings (SSSR count). The fourth-order valence-electron chi connectivity index (χ4n) is 3.59. The van der Waals surface area contributed by atoms with Gasteiger partial charge in [-0.25, -0.2) is 9.37 Å². The van der Waals surface area contributed by atoms with Crippen molar-refractivity contribution in [3.05, 3.63) is 104 Å². The monoisotopic (exact) mass is 454 g/mol. The highest BCUT2D eigenvalue weighted by Gasteiger charge is 2.23. The fourth-order valence-corrected chi connectivity index (χ4v) is 3.84. The zero-order valence-corrected chi connectivity index (χ0v) is 17.7. The van der Waals surface area contributed by atoms with Crippen molar-refractivity contribution in [3.63, 3.8) is 0 Å². The number of carbonyl (C=O) groups excluding carboxylic acids is 1. The molecule has 4 aromatic rings. The second-order valence-corrected chi connectivity index (χ2v) is 8.06. The third-order valence-electron chi connectivity index (χ3n) is 5.06. The molecule has 1 aromatic heterocycles. The largest absolute Gasteiger partial charge is 0.506 e. The first kappa shape index (κ1) is 21.1. The highest BCUT2D eigenvalue weighted by atomic mass is 35.5. The van der Waals surface area contributed by atoms with E-state index in [4.69, 9.17) is 28.9 Å². The molecule has 4 nitrogen and oxygen atoms in total. The van der Waals surface area contributed by atoms with Gasteiger partial charge in [0.25, 0.3) is 5.91 Å². The Morgan fingerprint density at radius 2 is 1.45 bits per heavy atom. The number of nitrogens with zero attached hydrogens (tertiary/aromatic N) is 1. The van der Waals surface area contributed by atoms with Gasteiger partial charge in [0.15, 0.2) is 0 Å². The summed E-state index contributed by atoms with van der Waals surface area (Å²) in [5.41, 5.74) is 7.94. The van der Waals surface area contributed by atoms with E-state index in [1.807, 2.05) is 12.1 Å². The van der Waals surface area contributed by atoms with E-state index in [2.05, 4.69) is 4.98 Å².